The minimum absolute atomic E-state index is 0.653. The molecule has 1 aliphatic rings. The standard InChI is InChI=1S/C11H21NO2/c1-4-11(3,10(13)14)12-7-5-9(2)6-8-12/h9H,4-8H2,1-3H3,(H,13,14)/t11-/m0/s1. The van der Waals surface area contributed by atoms with Crippen LogP contribution in [0.5, 0.6) is 0 Å². The van der Waals surface area contributed by atoms with Crippen molar-refractivity contribution < 1.29 is 9.90 Å². The fraction of sp³-hybridized carbons (Fsp3) is 0.909. The molecule has 0 aliphatic carbocycles. The molecule has 0 aromatic carbocycles. The molecule has 0 amide bonds. The van der Waals surface area contributed by atoms with Crippen molar-refractivity contribution in [3.63, 3.8) is 0 Å². The Morgan fingerprint density at radius 2 is 2.00 bits per heavy atom. The molecular formula is C11H21NO2. The summed E-state index contributed by atoms with van der Waals surface area (Å²) in [7, 11) is 0. The van der Waals surface area contributed by atoms with Gasteiger partial charge in [0.2, 0.25) is 0 Å². The molecule has 3 heteroatoms. The van der Waals surface area contributed by atoms with E-state index in [0.717, 1.165) is 31.8 Å². The number of carboxylic acid groups (broad SMARTS) is 1. The summed E-state index contributed by atoms with van der Waals surface area (Å²) in [4.78, 5) is 13.3. The van der Waals surface area contributed by atoms with Gasteiger partial charge in [-0.25, -0.2) is 0 Å². The SMILES string of the molecule is CC[C@@](C)(C(=O)O)N1CCC(C)CC1. The van der Waals surface area contributed by atoms with E-state index in [-0.39, 0.29) is 0 Å². The van der Waals surface area contributed by atoms with Crippen LogP contribution in [0.3, 0.4) is 0 Å². The Labute approximate surface area is 86.1 Å². The van der Waals surface area contributed by atoms with E-state index >= 15 is 0 Å². The lowest BCUT2D eigenvalue weighted by Crippen LogP contribution is -2.54. The van der Waals surface area contributed by atoms with Gasteiger partial charge >= 0.3 is 5.97 Å². The van der Waals surface area contributed by atoms with E-state index in [1.54, 1.807) is 0 Å². The molecule has 1 aliphatic heterocycles. The third-order valence-corrected chi connectivity index (χ3v) is 3.63. The average molecular weight is 199 g/mol. The Kier molecular flexibility index (Phi) is 3.53. The van der Waals surface area contributed by atoms with Gasteiger partial charge in [-0.1, -0.05) is 13.8 Å². The summed E-state index contributed by atoms with van der Waals surface area (Å²) in [6.07, 6.45) is 2.93. The number of hydrogen-bond acceptors (Lipinski definition) is 2. The van der Waals surface area contributed by atoms with Crippen LogP contribution < -0.4 is 0 Å². The molecule has 1 N–H and O–H groups in total. The fourth-order valence-corrected chi connectivity index (χ4v) is 2.01. The first-order valence-corrected chi connectivity index (χ1v) is 5.49. The van der Waals surface area contributed by atoms with Crippen molar-refractivity contribution in [1.29, 1.82) is 0 Å². The molecule has 0 saturated carbocycles. The van der Waals surface area contributed by atoms with Crippen LogP contribution in [0.4, 0.5) is 0 Å². The zero-order valence-electron chi connectivity index (χ0n) is 9.42. The number of carbonyl (C=O) groups is 1. The van der Waals surface area contributed by atoms with Crippen LogP contribution >= 0.6 is 0 Å². The van der Waals surface area contributed by atoms with Crippen molar-refractivity contribution >= 4 is 5.97 Å². The van der Waals surface area contributed by atoms with Crippen molar-refractivity contribution in [2.24, 2.45) is 5.92 Å². The number of carboxylic acids is 1. The van der Waals surface area contributed by atoms with Crippen LogP contribution in [0.15, 0.2) is 0 Å². The van der Waals surface area contributed by atoms with Crippen molar-refractivity contribution in [3.05, 3.63) is 0 Å². The molecule has 0 spiro atoms. The molecular weight excluding hydrogens is 178 g/mol. The first-order chi connectivity index (χ1) is 6.50. The van der Waals surface area contributed by atoms with Gasteiger partial charge in [-0.2, -0.15) is 0 Å². The molecule has 0 aromatic rings. The van der Waals surface area contributed by atoms with E-state index < -0.39 is 11.5 Å². The molecule has 0 radical (unpaired) electrons. The third-order valence-electron chi connectivity index (χ3n) is 3.63. The fourth-order valence-electron chi connectivity index (χ4n) is 2.01. The van der Waals surface area contributed by atoms with E-state index in [1.165, 1.54) is 0 Å². The van der Waals surface area contributed by atoms with Gasteiger partial charge in [-0.15, -0.1) is 0 Å². The van der Waals surface area contributed by atoms with Gasteiger partial charge in [0.15, 0.2) is 0 Å². The lowest BCUT2D eigenvalue weighted by molar-refractivity contribution is -0.151. The van der Waals surface area contributed by atoms with Gasteiger partial charge < -0.3 is 5.11 Å². The van der Waals surface area contributed by atoms with E-state index in [0.29, 0.717) is 6.42 Å². The monoisotopic (exact) mass is 199 g/mol. The molecule has 1 saturated heterocycles. The quantitative estimate of drug-likeness (QED) is 0.755. The Morgan fingerprint density at radius 3 is 2.36 bits per heavy atom. The maximum absolute atomic E-state index is 11.2. The summed E-state index contributed by atoms with van der Waals surface area (Å²) in [6, 6.07) is 0. The largest absolute Gasteiger partial charge is 0.480 e. The molecule has 0 aromatic heterocycles. The van der Waals surface area contributed by atoms with Gasteiger partial charge in [0.05, 0.1) is 0 Å². The van der Waals surface area contributed by atoms with Crippen LogP contribution in [0.25, 0.3) is 0 Å². The van der Waals surface area contributed by atoms with Gasteiger partial charge in [0.1, 0.15) is 5.54 Å². The second-order valence-electron chi connectivity index (χ2n) is 4.60. The number of hydrogen-bond donors (Lipinski definition) is 1. The number of piperidine rings is 1. The van der Waals surface area contributed by atoms with Crippen LogP contribution in [0.2, 0.25) is 0 Å². The minimum Gasteiger partial charge on any atom is -0.480 e. The predicted octanol–water partition coefficient (Wildman–Crippen LogP) is 1.97. The van der Waals surface area contributed by atoms with Crippen molar-refractivity contribution in [2.75, 3.05) is 13.1 Å². The molecule has 1 rings (SSSR count). The third kappa shape index (κ3) is 2.08. The Hall–Kier alpha value is -0.570. The molecule has 1 heterocycles. The number of likely N-dealkylation sites (tertiary alicyclic amines) is 1. The number of aliphatic carboxylic acids is 1. The lowest BCUT2D eigenvalue weighted by atomic mass is 9.90. The summed E-state index contributed by atoms with van der Waals surface area (Å²) in [5.41, 5.74) is -0.653. The van der Waals surface area contributed by atoms with E-state index in [9.17, 15) is 9.90 Å². The van der Waals surface area contributed by atoms with Crippen LogP contribution in [0, 0.1) is 5.92 Å². The Morgan fingerprint density at radius 1 is 1.50 bits per heavy atom. The minimum atomic E-state index is -0.686. The van der Waals surface area contributed by atoms with Gasteiger partial charge in [0, 0.05) is 0 Å². The van der Waals surface area contributed by atoms with Gasteiger partial charge in [-0.3, -0.25) is 9.69 Å². The maximum atomic E-state index is 11.2. The number of rotatable bonds is 3. The second-order valence-corrected chi connectivity index (χ2v) is 4.60. The molecule has 3 nitrogen and oxygen atoms in total. The highest BCUT2D eigenvalue weighted by molar-refractivity contribution is 5.78. The summed E-state index contributed by atoms with van der Waals surface area (Å²) in [5, 5.41) is 9.21. The summed E-state index contributed by atoms with van der Waals surface area (Å²) >= 11 is 0. The smallest absolute Gasteiger partial charge is 0.323 e. The molecule has 0 unspecified atom stereocenters. The highest BCUT2D eigenvalue weighted by atomic mass is 16.4. The summed E-state index contributed by atoms with van der Waals surface area (Å²) < 4.78 is 0. The van der Waals surface area contributed by atoms with E-state index in [1.807, 2.05) is 13.8 Å². The summed E-state index contributed by atoms with van der Waals surface area (Å²) in [6.45, 7) is 7.88. The van der Waals surface area contributed by atoms with Crippen molar-refractivity contribution in [2.45, 2.75) is 45.6 Å². The molecule has 82 valence electrons. The van der Waals surface area contributed by atoms with Crippen molar-refractivity contribution in [3.8, 4) is 0 Å². The van der Waals surface area contributed by atoms with Crippen LogP contribution in [-0.4, -0.2) is 34.6 Å². The molecule has 14 heavy (non-hydrogen) atoms. The molecule has 0 bridgehead atoms. The number of nitrogens with zero attached hydrogens (tertiary/aromatic N) is 1. The topological polar surface area (TPSA) is 40.5 Å². The lowest BCUT2D eigenvalue weighted by Gasteiger charge is -2.41. The average Bonchev–Trinajstić information content (AvgIpc) is 2.17. The molecule has 1 fully saturated rings. The summed E-state index contributed by atoms with van der Waals surface area (Å²) in [5.74, 6) is 0.0655. The first kappa shape index (κ1) is 11.5. The zero-order chi connectivity index (χ0) is 10.8. The van der Waals surface area contributed by atoms with Gasteiger partial charge in [0.25, 0.3) is 0 Å². The highest BCUT2D eigenvalue weighted by Crippen LogP contribution is 2.26. The van der Waals surface area contributed by atoms with E-state index in [4.69, 9.17) is 0 Å². The predicted molar refractivity (Wildman–Crippen MR) is 56.3 cm³/mol. The normalized spacial score (nSPS) is 24.5. The zero-order valence-corrected chi connectivity index (χ0v) is 9.42. The van der Waals surface area contributed by atoms with E-state index in [2.05, 4.69) is 11.8 Å². The van der Waals surface area contributed by atoms with Crippen LogP contribution in [-0.2, 0) is 4.79 Å². The second kappa shape index (κ2) is 4.30. The molecule has 1 atom stereocenters. The maximum Gasteiger partial charge on any atom is 0.323 e. The Bertz CT molecular complexity index is 209. The first-order valence-electron chi connectivity index (χ1n) is 5.49. The van der Waals surface area contributed by atoms with Gasteiger partial charge in [-0.05, 0) is 45.2 Å². The highest BCUT2D eigenvalue weighted by Gasteiger charge is 2.38. The van der Waals surface area contributed by atoms with Crippen molar-refractivity contribution in [1.82, 2.24) is 4.90 Å². The Balaban J connectivity index is 2.66. The van der Waals surface area contributed by atoms with Crippen LogP contribution in [0.1, 0.15) is 40.0 Å².